The summed E-state index contributed by atoms with van der Waals surface area (Å²) in [6.45, 7) is 4.70. The monoisotopic (exact) mass is 462 g/mol. The first-order valence-corrected chi connectivity index (χ1v) is 10.4. The molecule has 0 N–H and O–H groups in total. The Morgan fingerprint density at radius 1 is 1.30 bits per heavy atom. The van der Waals surface area contributed by atoms with Crippen molar-refractivity contribution < 1.29 is 9.13 Å². The van der Waals surface area contributed by atoms with E-state index in [1.807, 2.05) is 31.9 Å². The van der Waals surface area contributed by atoms with Crippen molar-refractivity contribution in [3.63, 3.8) is 0 Å². The van der Waals surface area contributed by atoms with Crippen LogP contribution in [0.3, 0.4) is 0 Å². The van der Waals surface area contributed by atoms with E-state index >= 15 is 0 Å². The largest absolute Gasteiger partial charge is 0.443 e. The zero-order valence-electron chi connectivity index (χ0n) is 16.4. The summed E-state index contributed by atoms with van der Waals surface area (Å²) in [5.41, 5.74) is 2.43. The van der Waals surface area contributed by atoms with Gasteiger partial charge in [-0.2, -0.15) is 9.64 Å². The molecule has 0 bridgehead atoms. The van der Waals surface area contributed by atoms with Gasteiger partial charge in [-0.15, -0.1) is 0 Å². The number of aromatic nitrogens is 1. The molecular formula is C21H17Cl2FN4OS. The average Bonchev–Trinajstić information content (AvgIpc) is 3.11. The van der Waals surface area contributed by atoms with E-state index in [1.165, 1.54) is 18.2 Å². The van der Waals surface area contributed by atoms with Gasteiger partial charge in [0, 0.05) is 36.8 Å². The number of benzene rings is 2. The van der Waals surface area contributed by atoms with Gasteiger partial charge in [-0.05, 0) is 43.7 Å². The van der Waals surface area contributed by atoms with Crippen molar-refractivity contribution in [3.8, 4) is 28.1 Å². The lowest BCUT2D eigenvalue weighted by Crippen LogP contribution is -2.14. The van der Waals surface area contributed by atoms with E-state index in [2.05, 4.69) is 15.4 Å². The molecule has 3 rings (SSSR count). The number of halogens is 3. The molecule has 0 amide bonds. The molecule has 0 spiro atoms. The van der Waals surface area contributed by atoms with Gasteiger partial charge in [-0.3, -0.25) is 0 Å². The first kappa shape index (κ1) is 22.0. The number of hydrogen-bond acceptors (Lipinski definition) is 5. The molecule has 9 heteroatoms. The maximum Gasteiger partial charge on any atom is 0.218 e. The second-order valence-electron chi connectivity index (χ2n) is 6.42. The van der Waals surface area contributed by atoms with Crippen LogP contribution in [-0.4, -0.2) is 29.2 Å². The number of nitrogens with zero attached hydrogens (tertiary/aromatic N) is 4. The van der Waals surface area contributed by atoms with Gasteiger partial charge in [0.05, 0.1) is 22.1 Å². The Hall–Kier alpha value is -2.66. The van der Waals surface area contributed by atoms with E-state index in [1.54, 1.807) is 12.4 Å². The second-order valence-corrected chi connectivity index (χ2v) is 7.97. The highest BCUT2D eigenvalue weighted by Crippen LogP contribution is 2.41. The van der Waals surface area contributed by atoms with Gasteiger partial charge in [0.2, 0.25) is 5.06 Å². The topological polar surface area (TPSA) is 61.5 Å². The molecule has 1 heterocycles. The number of ether oxygens (including phenoxy) is 1. The van der Waals surface area contributed by atoms with Crippen LogP contribution < -0.4 is 4.74 Å². The predicted octanol–water partition coefficient (Wildman–Crippen LogP) is 6.84. The lowest BCUT2D eigenvalue weighted by atomic mass is 10.1. The van der Waals surface area contributed by atoms with Gasteiger partial charge >= 0.3 is 0 Å². The van der Waals surface area contributed by atoms with Crippen LogP contribution >= 0.6 is 34.7 Å². The van der Waals surface area contributed by atoms with E-state index in [4.69, 9.17) is 27.9 Å². The van der Waals surface area contributed by atoms with E-state index in [0.717, 1.165) is 23.6 Å². The Kier molecular flexibility index (Phi) is 6.93. The minimum absolute atomic E-state index is 0.168. The fourth-order valence-electron chi connectivity index (χ4n) is 2.51. The van der Waals surface area contributed by atoms with E-state index in [-0.39, 0.29) is 10.6 Å². The third kappa shape index (κ3) is 4.73. The number of aliphatic imine (C=N–C) groups is 1. The first-order valence-electron chi connectivity index (χ1n) is 8.91. The third-order valence-electron chi connectivity index (χ3n) is 4.30. The molecule has 30 heavy (non-hydrogen) atoms. The molecule has 0 aliphatic heterocycles. The lowest BCUT2D eigenvalue weighted by molar-refractivity contribution is 0.491. The van der Waals surface area contributed by atoms with Gasteiger partial charge in [-0.1, -0.05) is 23.2 Å². The maximum atomic E-state index is 13.4. The molecule has 1 aromatic heterocycles. The van der Waals surface area contributed by atoms with Gasteiger partial charge in [-0.25, -0.2) is 9.38 Å². The van der Waals surface area contributed by atoms with Crippen molar-refractivity contribution in [2.75, 3.05) is 13.6 Å². The van der Waals surface area contributed by atoms with Crippen molar-refractivity contribution in [1.82, 2.24) is 9.27 Å². The van der Waals surface area contributed by atoms with Crippen molar-refractivity contribution in [2.24, 2.45) is 4.99 Å². The van der Waals surface area contributed by atoms with Crippen LogP contribution in [0, 0.1) is 24.1 Å². The maximum absolute atomic E-state index is 13.4. The highest BCUT2D eigenvalue weighted by molar-refractivity contribution is 7.08. The molecule has 0 radical (unpaired) electrons. The normalized spacial score (nSPS) is 11.0. The quantitative estimate of drug-likeness (QED) is 0.297. The van der Waals surface area contributed by atoms with Crippen LogP contribution in [0.25, 0.3) is 11.3 Å². The molecule has 0 aliphatic rings. The van der Waals surface area contributed by atoms with E-state index in [9.17, 15) is 9.65 Å². The zero-order valence-corrected chi connectivity index (χ0v) is 18.7. The minimum atomic E-state index is -0.466. The van der Waals surface area contributed by atoms with Crippen LogP contribution in [0.15, 0.2) is 35.3 Å². The van der Waals surface area contributed by atoms with Gasteiger partial charge in [0.15, 0.2) is 0 Å². The minimum Gasteiger partial charge on any atom is -0.443 e. The van der Waals surface area contributed by atoms with Crippen molar-refractivity contribution in [3.05, 3.63) is 57.3 Å². The van der Waals surface area contributed by atoms with Crippen LogP contribution in [0.1, 0.15) is 18.1 Å². The standard InChI is InChI=1S/C21H17Cl2FN4OS/c1-4-28(3)11-26-18-7-12(2)19(9-17(18)23)29-21-15(10-25)20(27-30-21)14-6-5-13(24)8-16(14)22/h5-9,11H,4H2,1-3H3. The molecule has 0 unspecified atom stereocenters. The molecule has 2 aromatic carbocycles. The molecule has 3 aromatic rings. The van der Waals surface area contributed by atoms with Crippen molar-refractivity contribution in [1.29, 1.82) is 5.26 Å². The molecule has 0 saturated heterocycles. The molecule has 0 fully saturated rings. The molecule has 5 nitrogen and oxygen atoms in total. The summed E-state index contributed by atoms with van der Waals surface area (Å²) in [6.07, 6.45) is 1.71. The lowest BCUT2D eigenvalue weighted by Gasteiger charge is -2.11. The summed E-state index contributed by atoms with van der Waals surface area (Å²) < 4.78 is 23.6. The fourth-order valence-corrected chi connectivity index (χ4v) is 3.69. The van der Waals surface area contributed by atoms with Crippen molar-refractivity contribution >= 4 is 46.8 Å². The number of rotatable bonds is 6. The van der Waals surface area contributed by atoms with Gasteiger partial charge < -0.3 is 9.64 Å². The Balaban J connectivity index is 1.94. The summed E-state index contributed by atoms with van der Waals surface area (Å²) in [7, 11) is 1.92. The summed E-state index contributed by atoms with van der Waals surface area (Å²) in [5, 5.41) is 10.5. The molecular weight excluding hydrogens is 446 g/mol. The molecule has 0 saturated carbocycles. The molecule has 0 aliphatic carbocycles. The number of aryl methyl sites for hydroxylation is 1. The molecule has 154 valence electrons. The zero-order chi connectivity index (χ0) is 21.8. The van der Waals surface area contributed by atoms with E-state index in [0.29, 0.717) is 32.8 Å². The smallest absolute Gasteiger partial charge is 0.218 e. The van der Waals surface area contributed by atoms with E-state index < -0.39 is 5.82 Å². The van der Waals surface area contributed by atoms with Gasteiger partial charge in [0.1, 0.15) is 28.9 Å². The average molecular weight is 463 g/mol. The Bertz CT molecular complexity index is 1160. The second kappa shape index (κ2) is 9.43. The third-order valence-corrected chi connectivity index (χ3v) is 5.64. The van der Waals surface area contributed by atoms with Crippen LogP contribution in [0.2, 0.25) is 10.0 Å². The Morgan fingerprint density at radius 3 is 2.73 bits per heavy atom. The highest BCUT2D eigenvalue weighted by atomic mass is 35.5. The number of hydrogen-bond donors (Lipinski definition) is 0. The predicted molar refractivity (Wildman–Crippen MR) is 120 cm³/mol. The Labute approximate surface area is 188 Å². The summed E-state index contributed by atoms with van der Waals surface area (Å²) in [6, 6.07) is 9.49. The summed E-state index contributed by atoms with van der Waals surface area (Å²) >= 11 is 13.5. The van der Waals surface area contributed by atoms with Crippen molar-refractivity contribution in [2.45, 2.75) is 13.8 Å². The fraction of sp³-hybridized carbons (Fsp3) is 0.190. The van der Waals surface area contributed by atoms with Gasteiger partial charge in [0.25, 0.3) is 0 Å². The Morgan fingerprint density at radius 2 is 2.07 bits per heavy atom. The highest BCUT2D eigenvalue weighted by Gasteiger charge is 2.20. The SMILES string of the molecule is CCN(C)C=Nc1cc(C)c(Oc2snc(-c3ccc(F)cc3Cl)c2C#N)cc1Cl. The number of nitriles is 1. The van der Waals surface area contributed by atoms with Crippen LogP contribution in [-0.2, 0) is 0 Å². The first-order chi connectivity index (χ1) is 14.3. The summed E-state index contributed by atoms with van der Waals surface area (Å²) in [4.78, 5) is 6.31. The van der Waals surface area contributed by atoms with Crippen LogP contribution in [0.5, 0.6) is 10.8 Å². The van der Waals surface area contributed by atoms with Crippen LogP contribution in [0.4, 0.5) is 10.1 Å². The molecule has 0 atom stereocenters. The summed E-state index contributed by atoms with van der Waals surface area (Å²) in [5.74, 6) is 0.0202.